The average Bonchev–Trinajstić information content (AvgIpc) is 2.81. The van der Waals surface area contributed by atoms with Gasteiger partial charge in [0.05, 0.1) is 13.0 Å². The lowest BCUT2D eigenvalue weighted by molar-refractivity contribution is -0.120. The minimum Gasteiger partial charge on any atom is -0.497 e. The summed E-state index contributed by atoms with van der Waals surface area (Å²) in [6, 6.07) is 17.8. The number of hydrogen-bond donors (Lipinski definition) is 0. The Morgan fingerprint density at radius 2 is 1.59 bits per heavy atom. The number of benzene rings is 2. The lowest BCUT2D eigenvalue weighted by Gasteiger charge is -2.39. The number of likely N-dealkylation sites (tertiary alicyclic amines) is 1. The van der Waals surface area contributed by atoms with Crippen LogP contribution in [0.15, 0.2) is 48.5 Å². The van der Waals surface area contributed by atoms with Gasteiger partial charge in [0.25, 0.3) is 0 Å². The number of nitrogens with zero attached hydrogens (tertiary/aromatic N) is 2. The topological polar surface area (TPSA) is 32.8 Å². The smallest absolute Gasteiger partial charge is 0.234 e. The first-order valence-corrected chi connectivity index (χ1v) is 12.4. The van der Waals surface area contributed by atoms with Crippen molar-refractivity contribution in [1.82, 2.24) is 4.90 Å². The van der Waals surface area contributed by atoms with Gasteiger partial charge in [0.1, 0.15) is 5.75 Å². The van der Waals surface area contributed by atoms with Gasteiger partial charge in [-0.25, -0.2) is 0 Å². The fourth-order valence-electron chi connectivity index (χ4n) is 5.54. The summed E-state index contributed by atoms with van der Waals surface area (Å²) in [6.45, 7) is 6.73. The highest BCUT2D eigenvalue weighted by Crippen LogP contribution is 2.36. The molecule has 32 heavy (non-hydrogen) atoms. The summed E-state index contributed by atoms with van der Waals surface area (Å²) in [5.41, 5.74) is 3.44. The van der Waals surface area contributed by atoms with Crippen molar-refractivity contribution in [1.29, 1.82) is 0 Å². The largest absolute Gasteiger partial charge is 0.497 e. The monoisotopic (exact) mass is 434 g/mol. The van der Waals surface area contributed by atoms with Crippen molar-refractivity contribution < 1.29 is 9.53 Å². The number of carbonyl (C=O) groups excluding carboxylic acids is 1. The first-order chi connectivity index (χ1) is 15.6. The molecule has 2 aliphatic rings. The minimum atomic E-state index is -0.120. The molecule has 0 N–H and O–H groups in total. The number of carbonyl (C=O) groups is 1. The van der Waals surface area contributed by atoms with Crippen LogP contribution in [-0.2, 0) is 11.2 Å². The molecule has 1 fully saturated rings. The van der Waals surface area contributed by atoms with E-state index in [9.17, 15) is 4.79 Å². The summed E-state index contributed by atoms with van der Waals surface area (Å²) < 4.78 is 5.29. The number of unbranched alkanes of at least 4 members (excludes halogenated alkanes) is 2. The van der Waals surface area contributed by atoms with Gasteiger partial charge >= 0.3 is 0 Å². The van der Waals surface area contributed by atoms with Crippen LogP contribution < -0.4 is 9.64 Å². The van der Waals surface area contributed by atoms with Gasteiger partial charge in [0.2, 0.25) is 5.91 Å². The van der Waals surface area contributed by atoms with Gasteiger partial charge in [-0.1, -0.05) is 43.2 Å². The zero-order chi connectivity index (χ0) is 22.5. The van der Waals surface area contributed by atoms with Crippen LogP contribution in [0.3, 0.4) is 0 Å². The molecule has 2 aromatic carbocycles. The second-order valence-electron chi connectivity index (χ2n) is 9.58. The molecular formula is C28H38N2O2. The summed E-state index contributed by atoms with van der Waals surface area (Å²) in [5.74, 6) is 0.935. The van der Waals surface area contributed by atoms with E-state index < -0.39 is 0 Å². The molecule has 1 saturated heterocycles. The van der Waals surface area contributed by atoms with Gasteiger partial charge in [-0.05, 0) is 81.8 Å². The van der Waals surface area contributed by atoms with Crippen LogP contribution in [0.4, 0.5) is 5.69 Å². The molecule has 4 heteroatoms. The Morgan fingerprint density at radius 1 is 0.906 bits per heavy atom. The number of rotatable bonds is 8. The lowest BCUT2D eigenvalue weighted by Crippen LogP contribution is -2.44. The molecule has 0 spiro atoms. The van der Waals surface area contributed by atoms with Gasteiger partial charge in [0.15, 0.2) is 0 Å². The molecule has 0 saturated carbocycles. The number of ether oxygens (including phenoxy) is 1. The molecular weight excluding hydrogens is 396 g/mol. The SMILES string of the molecule is COc1ccc(C2Cc3ccccc3N(CCCCCN3[C@H](C)CCC[C@@H]3C)C2=O)cc1. The maximum absolute atomic E-state index is 13.5. The van der Waals surface area contributed by atoms with Crippen LogP contribution in [0.2, 0.25) is 0 Å². The number of anilines is 1. The van der Waals surface area contributed by atoms with E-state index in [1.807, 2.05) is 35.2 Å². The standard InChI is InChI=1S/C28H38N2O2/c1-21-10-9-11-22(2)29(21)18-7-4-8-19-30-27-13-6-5-12-24(27)20-26(28(30)31)23-14-16-25(32-3)17-15-23/h5-6,12-17,21-22,26H,4,7-11,18-20H2,1-3H3/t21-,22+,26?. The summed E-state index contributed by atoms with van der Waals surface area (Å²) in [4.78, 5) is 18.3. The molecule has 0 aliphatic carbocycles. The van der Waals surface area contributed by atoms with E-state index in [2.05, 4.69) is 36.9 Å². The quantitative estimate of drug-likeness (QED) is 0.492. The van der Waals surface area contributed by atoms with Crippen LogP contribution in [0.1, 0.15) is 69.4 Å². The molecule has 2 aromatic rings. The highest BCUT2D eigenvalue weighted by molar-refractivity contribution is 6.01. The molecule has 0 bridgehead atoms. The highest BCUT2D eigenvalue weighted by atomic mass is 16.5. The average molecular weight is 435 g/mol. The van der Waals surface area contributed by atoms with Gasteiger partial charge in [-0.2, -0.15) is 0 Å². The van der Waals surface area contributed by atoms with Gasteiger partial charge in [-0.15, -0.1) is 0 Å². The Balaban J connectivity index is 1.38. The van der Waals surface area contributed by atoms with E-state index in [-0.39, 0.29) is 11.8 Å². The molecule has 3 atom stereocenters. The molecule has 1 amide bonds. The summed E-state index contributed by atoms with van der Waals surface area (Å²) in [6.07, 6.45) is 8.21. The second-order valence-corrected chi connectivity index (χ2v) is 9.58. The van der Waals surface area contributed by atoms with Gasteiger partial charge < -0.3 is 9.64 Å². The molecule has 0 aromatic heterocycles. The van der Waals surface area contributed by atoms with Crippen molar-refractivity contribution in [2.24, 2.45) is 0 Å². The Hall–Kier alpha value is -2.33. The molecule has 172 valence electrons. The third-order valence-corrected chi connectivity index (χ3v) is 7.46. The Labute approximate surface area is 193 Å². The predicted molar refractivity (Wildman–Crippen MR) is 132 cm³/mol. The summed E-state index contributed by atoms with van der Waals surface area (Å²) in [7, 11) is 1.67. The van der Waals surface area contributed by atoms with E-state index in [1.165, 1.54) is 37.8 Å². The van der Waals surface area contributed by atoms with Crippen molar-refractivity contribution >= 4 is 11.6 Å². The van der Waals surface area contributed by atoms with Crippen molar-refractivity contribution in [3.05, 3.63) is 59.7 Å². The van der Waals surface area contributed by atoms with Gasteiger partial charge in [-0.3, -0.25) is 9.69 Å². The van der Waals surface area contributed by atoms with E-state index >= 15 is 0 Å². The Morgan fingerprint density at radius 3 is 2.31 bits per heavy atom. The zero-order valence-electron chi connectivity index (χ0n) is 19.9. The van der Waals surface area contributed by atoms with E-state index in [0.29, 0.717) is 12.1 Å². The molecule has 2 heterocycles. The molecule has 4 nitrogen and oxygen atoms in total. The molecule has 2 aliphatic heterocycles. The summed E-state index contributed by atoms with van der Waals surface area (Å²) >= 11 is 0. The molecule has 1 unspecified atom stereocenters. The number of para-hydroxylation sites is 1. The number of methoxy groups -OCH3 is 1. The van der Waals surface area contributed by atoms with Gasteiger partial charge in [0, 0.05) is 24.3 Å². The van der Waals surface area contributed by atoms with Crippen LogP contribution in [0.25, 0.3) is 0 Å². The number of piperidine rings is 1. The van der Waals surface area contributed by atoms with Crippen molar-refractivity contribution in [2.45, 2.75) is 76.8 Å². The lowest BCUT2D eigenvalue weighted by atomic mass is 9.86. The van der Waals surface area contributed by atoms with E-state index in [4.69, 9.17) is 4.74 Å². The maximum atomic E-state index is 13.5. The fraction of sp³-hybridized carbons (Fsp3) is 0.536. The van der Waals surface area contributed by atoms with Crippen LogP contribution in [0, 0.1) is 0 Å². The van der Waals surface area contributed by atoms with E-state index in [0.717, 1.165) is 42.8 Å². The highest BCUT2D eigenvalue weighted by Gasteiger charge is 2.33. The number of fused-ring (bicyclic) bond motifs is 1. The van der Waals surface area contributed by atoms with Crippen molar-refractivity contribution in [2.75, 3.05) is 25.1 Å². The summed E-state index contributed by atoms with van der Waals surface area (Å²) in [5, 5.41) is 0. The first-order valence-electron chi connectivity index (χ1n) is 12.4. The number of amides is 1. The Bertz CT molecular complexity index is 885. The maximum Gasteiger partial charge on any atom is 0.234 e. The second kappa shape index (κ2) is 10.5. The third-order valence-electron chi connectivity index (χ3n) is 7.46. The third kappa shape index (κ3) is 5.01. The van der Waals surface area contributed by atoms with E-state index in [1.54, 1.807) is 7.11 Å². The van der Waals surface area contributed by atoms with Crippen molar-refractivity contribution in [3.63, 3.8) is 0 Å². The van der Waals surface area contributed by atoms with Crippen LogP contribution in [0.5, 0.6) is 5.75 Å². The predicted octanol–water partition coefficient (Wildman–Crippen LogP) is 5.80. The number of hydrogen-bond acceptors (Lipinski definition) is 3. The zero-order valence-corrected chi connectivity index (χ0v) is 19.9. The first kappa shape index (κ1) is 22.8. The molecule has 4 rings (SSSR count). The Kier molecular flexibility index (Phi) is 7.51. The van der Waals surface area contributed by atoms with Crippen molar-refractivity contribution in [3.8, 4) is 5.75 Å². The minimum absolute atomic E-state index is 0.120. The van der Waals surface area contributed by atoms with Crippen LogP contribution in [-0.4, -0.2) is 43.1 Å². The fourth-order valence-corrected chi connectivity index (χ4v) is 5.54. The van der Waals surface area contributed by atoms with Crippen LogP contribution >= 0.6 is 0 Å². The molecule has 0 radical (unpaired) electrons. The normalized spacial score (nSPS) is 23.8.